The van der Waals surface area contributed by atoms with Gasteiger partial charge in [0, 0.05) is 60.9 Å². The Kier molecular flexibility index (Phi) is 10.7. The lowest BCUT2D eigenvalue weighted by molar-refractivity contribution is -0.134. The lowest BCUT2D eigenvalue weighted by Crippen LogP contribution is -2.32. The van der Waals surface area contributed by atoms with Crippen molar-refractivity contribution in [2.45, 2.75) is 45.1 Å². The van der Waals surface area contributed by atoms with Crippen LogP contribution in [0.4, 0.5) is 11.5 Å². The van der Waals surface area contributed by atoms with Crippen LogP contribution in [-0.4, -0.2) is 89.1 Å². The molecule has 0 saturated heterocycles. The summed E-state index contributed by atoms with van der Waals surface area (Å²) in [6, 6.07) is 3.98. The molecule has 8 rings (SSSR count). The monoisotopic (exact) mass is 771 g/mol. The van der Waals surface area contributed by atoms with Gasteiger partial charge in [0.25, 0.3) is 0 Å². The predicted octanol–water partition coefficient (Wildman–Crippen LogP) is 6.79. The van der Waals surface area contributed by atoms with Crippen LogP contribution in [0, 0.1) is 11.8 Å². The Bertz CT molecular complexity index is 2300. The average molecular weight is 772 g/mol. The number of aromatic nitrogens is 4. The van der Waals surface area contributed by atoms with Crippen LogP contribution in [0.5, 0.6) is 5.75 Å². The number of amides is 2. The normalized spacial score (nSPS) is 16.8. The van der Waals surface area contributed by atoms with Crippen LogP contribution in [0.2, 0.25) is 5.15 Å². The largest absolute Gasteiger partial charge is 0.491 e. The predicted molar refractivity (Wildman–Crippen MR) is 209 cm³/mol. The quantitative estimate of drug-likeness (QED) is 0.0590. The lowest BCUT2D eigenvalue weighted by Gasteiger charge is -2.24. The van der Waals surface area contributed by atoms with Crippen LogP contribution in [0.15, 0.2) is 34.9 Å². The first-order valence-electron chi connectivity index (χ1n) is 17.3. The Labute approximate surface area is 318 Å². The Hall–Kier alpha value is -4.89. The first-order chi connectivity index (χ1) is 25.6. The van der Waals surface area contributed by atoms with Gasteiger partial charge < -0.3 is 19.9 Å². The average Bonchev–Trinajstić information content (AvgIpc) is 3.87. The molecule has 14 nitrogen and oxygen atoms in total. The summed E-state index contributed by atoms with van der Waals surface area (Å²) < 4.78 is 5.94. The number of nitrogens with zero attached hydrogens (tertiary/aromatic N) is 10. The summed E-state index contributed by atoms with van der Waals surface area (Å²) in [5.41, 5.74) is 13.9. The second-order valence-corrected chi connectivity index (χ2v) is 16.1. The summed E-state index contributed by atoms with van der Waals surface area (Å²) in [4.78, 5) is 56.8. The lowest BCUT2D eigenvalue weighted by atomic mass is 9.87. The van der Waals surface area contributed by atoms with Crippen molar-refractivity contribution in [1.29, 1.82) is 0 Å². The molecule has 53 heavy (non-hydrogen) atoms. The number of aliphatic imine (C=N–C) groups is 1. The van der Waals surface area contributed by atoms with Gasteiger partial charge in [-0.25, -0.2) is 19.9 Å². The van der Waals surface area contributed by atoms with Gasteiger partial charge in [-0.15, -0.1) is 22.7 Å². The minimum Gasteiger partial charge on any atom is -0.491 e. The number of anilines is 2. The number of carbonyl (C=O) groups is 2. The van der Waals surface area contributed by atoms with E-state index in [9.17, 15) is 9.59 Å². The number of ether oxygens (including phenoxy) is 1. The summed E-state index contributed by atoms with van der Waals surface area (Å²) >= 11 is 9.45. The summed E-state index contributed by atoms with van der Waals surface area (Å²) in [6.45, 7) is 1.13. The van der Waals surface area contributed by atoms with E-state index in [-0.39, 0.29) is 36.8 Å². The SMILES string of the molecule is CN(C)C(=O)C1CCc2c(sc3ncnc(Cl)c23)C1.CN(C)C(=O)C1CCc2c(sc3ncnc(Nc4cc5c(cc4OCCN=[N+]=[N-])CN=C5)c23)C1. The van der Waals surface area contributed by atoms with Gasteiger partial charge in [0.1, 0.15) is 39.0 Å². The summed E-state index contributed by atoms with van der Waals surface area (Å²) in [5.74, 6) is 1.85. The highest BCUT2D eigenvalue weighted by atomic mass is 35.5. The van der Waals surface area contributed by atoms with Gasteiger partial charge in [-0.2, -0.15) is 0 Å². The van der Waals surface area contributed by atoms with E-state index in [1.165, 1.54) is 27.2 Å². The Morgan fingerprint density at radius 3 is 2.21 bits per heavy atom. The van der Waals surface area contributed by atoms with Crippen molar-refractivity contribution in [3.05, 3.63) is 72.4 Å². The molecule has 4 aromatic heterocycles. The van der Waals surface area contributed by atoms with Crippen molar-refractivity contribution in [2.75, 3.05) is 46.7 Å². The summed E-state index contributed by atoms with van der Waals surface area (Å²) in [7, 11) is 7.24. The minimum absolute atomic E-state index is 0.00648. The van der Waals surface area contributed by atoms with Crippen LogP contribution in [0.3, 0.4) is 0 Å². The highest BCUT2D eigenvalue weighted by molar-refractivity contribution is 7.19. The standard InChI is InChI=1S/C23H24N8O2S.C13H14ClN3OS/c1-31(2)23(32)13-3-4-16-19(9-13)34-22-20(16)21(26-12-27-22)29-17-7-14-10-25-11-15(14)8-18(17)33-6-5-28-30-24;1-17(2)13(18)7-3-4-8-9(5-7)19-12-10(8)11(14)15-6-16-12/h7-8,10,12-13H,3-6,9,11H2,1-2H3,(H,26,27,29);6-7H,3-5H2,1-2H3. The molecule has 0 spiro atoms. The van der Waals surface area contributed by atoms with Crippen LogP contribution in [0.1, 0.15) is 44.8 Å². The van der Waals surface area contributed by atoms with Crippen molar-refractivity contribution >= 4 is 84.2 Å². The van der Waals surface area contributed by atoms with E-state index >= 15 is 0 Å². The van der Waals surface area contributed by atoms with Crippen LogP contribution in [0.25, 0.3) is 30.9 Å². The summed E-state index contributed by atoms with van der Waals surface area (Å²) in [6.07, 6.45) is 9.82. The molecule has 2 aliphatic carbocycles. The third-order valence-electron chi connectivity index (χ3n) is 9.72. The highest BCUT2D eigenvalue weighted by Gasteiger charge is 2.31. The topological polar surface area (TPSA) is 175 Å². The van der Waals surface area contributed by atoms with E-state index in [1.807, 2.05) is 46.5 Å². The molecule has 5 heterocycles. The third kappa shape index (κ3) is 7.49. The Balaban J connectivity index is 0.000000193. The molecule has 0 radical (unpaired) electrons. The molecule has 2 unspecified atom stereocenters. The fourth-order valence-corrected chi connectivity index (χ4v) is 9.99. The zero-order chi connectivity index (χ0) is 37.2. The molecule has 0 fully saturated rings. The minimum atomic E-state index is 0.00648. The smallest absolute Gasteiger partial charge is 0.225 e. The molecular formula is C36H38ClN11O3S2. The number of rotatable bonds is 8. The molecule has 3 aliphatic rings. The number of thiophene rings is 2. The Morgan fingerprint density at radius 1 is 0.943 bits per heavy atom. The van der Waals surface area contributed by atoms with Crippen LogP contribution in [-0.2, 0) is 41.8 Å². The number of carbonyl (C=O) groups excluding carboxylic acids is 2. The molecule has 2 atom stereocenters. The number of halogens is 1. The number of azide groups is 1. The first kappa shape index (κ1) is 36.5. The van der Waals surface area contributed by atoms with Gasteiger partial charge in [-0.05, 0) is 78.4 Å². The molecule has 0 bridgehead atoms. The molecule has 1 N–H and O–H groups in total. The van der Waals surface area contributed by atoms with Crippen molar-refractivity contribution in [1.82, 2.24) is 29.7 Å². The number of hydrogen-bond acceptors (Lipinski definition) is 12. The molecular weight excluding hydrogens is 734 g/mol. The first-order valence-corrected chi connectivity index (χ1v) is 19.3. The maximum absolute atomic E-state index is 12.5. The molecule has 5 aromatic rings. The van der Waals surface area contributed by atoms with Gasteiger partial charge in [0.2, 0.25) is 11.8 Å². The number of nitrogens with one attached hydrogen (secondary N) is 1. The van der Waals surface area contributed by atoms with Gasteiger partial charge in [-0.1, -0.05) is 16.7 Å². The van der Waals surface area contributed by atoms with Gasteiger partial charge in [-0.3, -0.25) is 14.6 Å². The highest BCUT2D eigenvalue weighted by Crippen LogP contribution is 2.43. The zero-order valence-corrected chi connectivity index (χ0v) is 32.2. The van der Waals surface area contributed by atoms with E-state index in [1.54, 1.807) is 38.8 Å². The maximum atomic E-state index is 12.5. The maximum Gasteiger partial charge on any atom is 0.225 e. The van der Waals surface area contributed by atoms with E-state index in [2.05, 4.69) is 40.3 Å². The molecule has 274 valence electrons. The number of fused-ring (bicyclic) bond motifs is 7. The number of hydrogen-bond donors (Lipinski definition) is 1. The second kappa shape index (κ2) is 15.6. The van der Waals surface area contributed by atoms with Crippen molar-refractivity contribution in [3.8, 4) is 5.75 Å². The van der Waals surface area contributed by atoms with Gasteiger partial charge >= 0.3 is 0 Å². The van der Waals surface area contributed by atoms with Crippen LogP contribution >= 0.6 is 34.3 Å². The number of aryl methyl sites for hydroxylation is 2. The van der Waals surface area contributed by atoms with E-state index in [0.717, 1.165) is 81.6 Å². The molecule has 17 heteroatoms. The zero-order valence-electron chi connectivity index (χ0n) is 29.8. The van der Waals surface area contributed by atoms with Crippen molar-refractivity contribution in [3.63, 3.8) is 0 Å². The number of benzene rings is 1. The fourth-order valence-electron chi connectivity index (χ4n) is 7.15. The van der Waals surface area contributed by atoms with Crippen LogP contribution < -0.4 is 10.1 Å². The third-order valence-corrected chi connectivity index (χ3v) is 12.3. The van der Waals surface area contributed by atoms with Gasteiger partial charge in [0.05, 0.1) is 36.2 Å². The molecule has 1 aliphatic heterocycles. The fraction of sp³-hybridized carbons (Fsp3) is 0.417. The van der Waals surface area contributed by atoms with Crippen molar-refractivity contribution in [2.24, 2.45) is 21.9 Å². The Morgan fingerprint density at radius 2 is 1.57 bits per heavy atom. The van der Waals surface area contributed by atoms with Gasteiger partial charge in [0.15, 0.2) is 0 Å². The molecule has 2 amide bonds. The van der Waals surface area contributed by atoms with E-state index < -0.39 is 0 Å². The second-order valence-electron chi connectivity index (χ2n) is 13.5. The summed E-state index contributed by atoms with van der Waals surface area (Å²) in [5, 5.41) is 9.53. The molecule has 0 saturated carbocycles. The van der Waals surface area contributed by atoms with E-state index in [0.29, 0.717) is 17.4 Å². The van der Waals surface area contributed by atoms with E-state index in [4.69, 9.17) is 21.9 Å². The molecule has 1 aromatic carbocycles. The van der Waals surface area contributed by atoms with Crippen molar-refractivity contribution < 1.29 is 14.3 Å².